The lowest BCUT2D eigenvalue weighted by Crippen LogP contribution is -2.50. The van der Waals surface area contributed by atoms with Crippen LogP contribution in [0.25, 0.3) is 0 Å². The maximum absolute atomic E-state index is 12.2. The molecular weight excluding hydrogens is 274 g/mol. The van der Waals surface area contributed by atoms with Gasteiger partial charge in [-0.1, -0.05) is 19.8 Å². The molecule has 1 atom stereocenters. The number of nitrogens with one attached hydrogen (secondary N) is 1. The molecule has 7 heteroatoms. The van der Waals surface area contributed by atoms with Crippen molar-refractivity contribution in [1.82, 2.24) is 10.2 Å². The Hall–Kier alpha value is -1.79. The molecule has 0 unspecified atom stereocenters. The minimum absolute atomic E-state index is 0.00268. The van der Waals surface area contributed by atoms with Gasteiger partial charge in [-0.2, -0.15) is 0 Å². The van der Waals surface area contributed by atoms with Crippen LogP contribution < -0.4 is 11.1 Å². The number of urea groups is 1. The predicted molar refractivity (Wildman–Crippen MR) is 79.8 cm³/mol. The second-order valence-electron chi connectivity index (χ2n) is 5.34. The number of hydrogen-bond donors (Lipinski definition) is 3. The molecule has 0 radical (unpaired) electrons. The first-order valence-electron chi connectivity index (χ1n) is 7.37. The highest BCUT2D eigenvalue weighted by molar-refractivity contribution is 5.83. The number of aliphatic carboxylic acids is 1. The Bertz CT molecular complexity index is 358. The quantitative estimate of drug-likeness (QED) is 0.528. The van der Waals surface area contributed by atoms with Crippen molar-refractivity contribution in [3.8, 4) is 0 Å². The summed E-state index contributed by atoms with van der Waals surface area (Å²) in [4.78, 5) is 35.6. The van der Waals surface area contributed by atoms with E-state index in [9.17, 15) is 14.4 Å². The number of rotatable bonds is 10. The van der Waals surface area contributed by atoms with E-state index < -0.39 is 23.9 Å². The van der Waals surface area contributed by atoms with Crippen molar-refractivity contribution >= 4 is 17.9 Å². The molecule has 0 bridgehead atoms. The Morgan fingerprint density at radius 3 is 2.29 bits per heavy atom. The van der Waals surface area contributed by atoms with Crippen LogP contribution in [0.4, 0.5) is 4.79 Å². The zero-order valence-corrected chi connectivity index (χ0v) is 13.1. The summed E-state index contributed by atoms with van der Waals surface area (Å²) in [5.74, 6) is -1.75. The number of nitrogens with two attached hydrogens (primary N) is 1. The van der Waals surface area contributed by atoms with Gasteiger partial charge in [0.1, 0.15) is 6.04 Å². The Morgan fingerprint density at radius 1 is 1.24 bits per heavy atom. The number of carboxylic acids is 1. The van der Waals surface area contributed by atoms with Gasteiger partial charge in [0.15, 0.2) is 0 Å². The highest BCUT2D eigenvalue weighted by atomic mass is 16.4. The molecule has 0 aromatic carbocycles. The van der Waals surface area contributed by atoms with Crippen LogP contribution in [0.5, 0.6) is 0 Å². The smallest absolute Gasteiger partial charge is 0.326 e. The molecule has 0 aliphatic carbocycles. The number of unbranched alkanes of at least 4 members (excludes halogenated alkanes) is 2. The van der Waals surface area contributed by atoms with E-state index in [2.05, 4.69) is 12.2 Å². The zero-order chi connectivity index (χ0) is 16.4. The summed E-state index contributed by atoms with van der Waals surface area (Å²) in [6.07, 6.45) is 2.86. The standard InChI is InChI=1S/C14H27N3O4/c1-4-5-6-9-17(10(2)3)14(21)16-11(13(19)20)7-8-12(15)18/h10-11H,4-9H2,1-3H3,(H2,15,18)(H,16,21)(H,19,20)/t11-/m1/s1. The summed E-state index contributed by atoms with van der Waals surface area (Å²) in [6.45, 7) is 6.42. The summed E-state index contributed by atoms with van der Waals surface area (Å²) in [5.41, 5.74) is 5.01. The average Bonchev–Trinajstić information content (AvgIpc) is 2.38. The van der Waals surface area contributed by atoms with Crippen molar-refractivity contribution in [2.75, 3.05) is 6.54 Å². The minimum Gasteiger partial charge on any atom is -0.480 e. The van der Waals surface area contributed by atoms with Crippen molar-refractivity contribution in [3.63, 3.8) is 0 Å². The number of amides is 3. The number of primary amides is 1. The second kappa shape index (κ2) is 10.0. The summed E-state index contributed by atoms with van der Waals surface area (Å²) in [7, 11) is 0. The van der Waals surface area contributed by atoms with Gasteiger partial charge >= 0.3 is 12.0 Å². The molecule has 4 N–H and O–H groups in total. The Labute approximate surface area is 125 Å². The van der Waals surface area contributed by atoms with Gasteiger partial charge in [-0.25, -0.2) is 9.59 Å². The van der Waals surface area contributed by atoms with E-state index in [1.54, 1.807) is 4.90 Å². The van der Waals surface area contributed by atoms with Gasteiger partial charge in [0.25, 0.3) is 0 Å². The molecule has 0 rings (SSSR count). The minimum atomic E-state index is -1.16. The maximum atomic E-state index is 12.2. The fraction of sp³-hybridized carbons (Fsp3) is 0.786. The average molecular weight is 301 g/mol. The molecular formula is C14H27N3O4. The van der Waals surface area contributed by atoms with Crippen LogP contribution in [0.15, 0.2) is 0 Å². The number of hydrogen-bond acceptors (Lipinski definition) is 3. The fourth-order valence-corrected chi connectivity index (χ4v) is 1.90. The first kappa shape index (κ1) is 19.2. The van der Waals surface area contributed by atoms with E-state index in [1.807, 2.05) is 13.8 Å². The van der Waals surface area contributed by atoms with Crippen LogP contribution in [0.3, 0.4) is 0 Å². The van der Waals surface area contributed by atoms with Gasteiger partial charge in [0, 0.05) is 19.0 Å². The number of nitrogens with zero attached hydrogens (tertiary/aromatic N) is 1. The highest BCUT2D eigenvalue weighted by Crippen LogP contribution is 2.06. The topological polar surface area (TPSA) is 113 Å². The molecule has 0 aliphatic rings. The van der Waals surface area contributed by atoms with Crippen molar-refractivity contribution in [2.45, 2.75) is 65.0 Å². The Morgan fingerprint density at radius 2 is 1.86 bits per heavy atom. The summed E-state index contributed by atoms with van der Waals surface area (Å²) in [5, 5.41) is 11.5. The first-order chi connectivity index (χ1) is 9.79. The van der Waals surface area contributed by atoms with Gasteiger partial charge in [0.05, 0.1) is 0 Å². The normalized spacial score (nSPS) is 12.0. The van der Waals surface area contributed by atoms with E-state index in [-0.39, 0.29) is 18.9 Å². The van der Waals surface area contributed by atoms with Crippen LogP contribution in [-0.2, 0) is 9.59 Å². The molecule has 0 fully saturated rings. The Balaban J connectivity index is 4.59. The summed E-state index contributed by atoms with van der Waals surface area (Å²) >= 11 is 0. The maximum Gasteiger partial charge on any atom is 0.326 e. The van der Waals surface area contributed by atoms with Crippen LogP contribution in [0, 0.1) is 0 Å². The van der Waals surface area contributed by atoms with E-state index >= 15 is 0 Å². The Kier molecular flexibility index (Phi) is 9.16. The predicted octanol–water partition coefficient (Wildman–Crippen LogP) is 1.32. The molecule has 0 heterocycles. The zero-order valence-electron chi connectivity index (χ0n) is 13.1. The lowest BCUT2D eigenvalue weighted by molar-refractivity contribution is -0.139. The molecule has 0 aromatic heterocycles. The van der Waals surface area contributed by atoms with Crippen LogP contribution in [0.1, 0.15) is 52.9 Å². The van der Waals surface area contributed by atoms with E-state index in [4.69, 9.17) is 10.8 Å². The van der Waals surface area contributed by atoms with Gasteiger partial charge < -0.3 is 21.1 Å². The third-order valence-electron chi connectivity index (χ3n) is 3.16. The molecule has 122 valence electrons. The van der Waals surface area contributed by atoms with E-state index in [0.717, 1.165) is 19.3 Å². The van der Waals surface area contributed by atoms with Crippen molar-refractivity contribution < 1.29 is 19.5 Å². The molecule has 0 aromatic rings. The molecule has 0 saturated heterocycles. The van der Waals surface area contributed by atoms with Gasteiger partial charge in [-0.15, -0.1) is 0 Å². The van der Waals surface area contributed by atoms with E-state index in [0.29, 0.717) is 6.54 Å². The third kappa shape index (κ3) is 8.16. The van der Waals surface area contributed by atoms with E-state index in [1.165, 1.54) is 0 Å². The monoisotopic (exact) mass is 301 g/mol. The molecule has 0 spiro atoms. The molecule has 21 heavy (non-hydrogen) atoms. The molecule has 7 nitrogen and oxygen atoms in total. The molecule has 3 amide bonds. The third-order valence-corrected chi connectivity index (χ3v) is 3.16. The highest BCUT2D eigenvalue weighted by Gasteiger charge is 2.24. The largest absolute Gasteiger partial charge is 0.480 e. The number of carbonyl (C=O) groups excluding carboxylic acids is 2. The van der Waals surface area contributed by atoms with Crippen molar-refractivity contribution in [3.05, 3.63) is 0 Å². The summed E-state index contributed by atoms with van der Waals surface area (Å²) < 4.78 is 0. The van der Waals surface area contributed by atoms with Crippen LogP contribution in [0.2, 0.25) is 0 Å². The lowest BCUT2D eigenvalue weighted by atomic mass is 10.1. The van der Waals surface area contributed by atoms with Gasteiger partial charge in [-0.3, -0.25) is 4.79 Å². The van der Waals surface area contributed by atoms with Crippen LogP contribution >= 0.6 is 0 Å². The molecule has 0 aliphatic heterocycles. The van der Waals surface area contributed by atoms with Gasteiger partial charge in [0.2, 0.25) is 5.91 Å². The number of carbonyl (C=O) groups is 3. The van der Waals surface area contributed by atoms with Crippen LogP contribution in [-0.4, -0.2) is 46.5 Å². The van der Waals surface area contributed by atoms with Gasteiger partial charge in [-0.05, 0) is 26.7 Å². The SMILES string of the molecule is CCCCCN(C(=O)N[C@H](CCC(N)=O)C(=O)O)C(C)C. The number of carboxylic acid groups (broad SMARTS) is 1. The second-order valence-corrected chi connectivity index (χ2v) is 5.34. The molecule has 0 saturated carbocycles. The lowest BCUT2D eigenvalue weighted by Gasteiger charge is -2.28. The van der Waals surface area contributed by atoms with Crippen molar-refractivity contribution in [2.24, 2.45) is 5.73 Å². The summed E-state index contributed by atoms with van der Waals surface area (Å²) in [6, 6.07) is -1.54. The first-order valence-corrected chi connectivity index (χ1v) is 7.37. The fourth-order valence-electron chi connectivity index (χ4n) is 1.90. The van der Waals surface area contributed by atoms with Crippen molar-refractivity contribution in [1.29, 1.82) is 0 Å².